The molecule has 1 unspecified atom stereocenters. The molecule has 0 aromatic heterocycles. The first kappa shape index (κ1) is 12.6. The fraction of sp³-hybridized carbons (Fsp3) is 0.429. The molecule has 0 aliphatic rings. The second kappa shape index (κ2) is 6.19. The Morgan fingerprint density at radius 2 is 2.19 bits per heavy atom. The van der Waals surface area contributed by atoms with E-state index in [1.54, 1.807) is 0 Å². The highest BCUT2D eigenvalue weighted by Crippen LogP contribution is 2.20. The third kappa shape index (κ3) is 3.60. The molecule has 0 amide bonds. The van der Waals surface area contributed by atoms with E-state index in [4.69, 9.17) is 10.5 Å². The number of rotatable bonds is 3. The van der Waals surface area contributed by atoms with Crippen LogP contribution < -0.4 is 10.5 Å². The Kier molecular flexibility index (Phi) is 4.88. The number of hydrogen-bond donors (Lipinski definition) is 1. The first-order valence-corrected chi connectivity index (χ1v) is 5.63. The fourth-order valence-electron chi connectivity index (χ4n) is 1.29. The molecule has 1 aromatic carbocycles. The second-order valence-electron chi connectivity index (χ2n) is 3.84. The second-order valence-corrected chi connectivity index (χ2v) is 3.84. The molecule has 0 saturated heterocycles. The lowest BCUT2D eigenvalue weighted by atomic mass is 10.1. The van der Waals surface area contributed by atoms with Gasteiger partial charge in [0.2, 0.25) is 0 Å². The summed E-state index contributed by atoms with van der Waals surface area (Å²) in [5.41, 5.74) is 7.48. The molecule has 0 aliphatic heterocycles. The van der Waals surface area contributed by atoms with Gasteiger partial charge in [0.05, 0.1) is 18.2 Å². The van der Waals surface area contributed by atoms with E-state index in [1.165, 1.54) is 5.56 Å². The van der Waals surface area contributed by atoms with Gasteiger partial charge in [-0.25, -0.2) is 0 Å². The molecule has 1 atom stereocenters. The molecule has 0 spiro atoms. The first-order valence-electron chi connectivity index (χ1n) is 5.63. The monoisotopic (exact) mass is 217 g/mol. The average Bonchev–Trinajstić information content (AvgIpc) is 2.29. The molecule has 0 bridgehead atoms. The molecule has 2 N–H and O–H groups in total. The minimum atomic E-state index is 0.209. The molecule has 1 aromatic rings. The zero-order chi connectivity index (χ0) is 12.0. The van der Waals surface area contributed by atoms with Gasteiger partial charge in [0.15, 0.2) is 0 Å². The lowest BCUT2D eigenvalue weighted by molar-refractivity contribution is 0.217. The van der Waals surface area contributed by atoms with Crippen molar-refractivity contribution in [3.63, 3.8) is 0 Å². The van der Waals surface area contributed by atoms with E-state index < -0.39 is 0 Å². The number of ether oxygens (including phenoxy) is 1. The van der Waals surface area contributed by atoms with Crippen LogP contribution in [0.3, 0.4) is 0 Å². The van der Waals surface area contributed by atoms with Crippen LogP contribution in [0.15, 0.2) is 18.2 Å². The zero-order valence-electron chi connectivity index (χ0n) is 10.2. The van der Waals surface area contributed by atoms with Crippen molar-refractivity contribution in [1.29, 1.82) is 0 Å². The minimum Gasteiger partial charge on any atom is -0.489 e. The van der Waals surface area contributed by atoms with Gasteiger partial charge in [0.1, 0.15) is 5.75 Å². The Hall–Kier alpha value is -1.46. The van der Waals surface area contributed by atoms with E-state index in [1.807, 2.05) is 25.1 Å². The van der Waals surface area contributed by atoms with Crippen molar-refractivity contribution < 1.29 is 4.74 Å². The van der Waals surface area contributed by atoms with Crippen LogP contribution >= 0.6 is 0 Å². The quantitative estimate of drug-likeness (QED) is 0.789. The van der Waals surface area contributed by atoms with Crippen molar-refractivity contribution in [3.05, 3.63) is 29.3 Å². The van der Waals surface area contributed by atoms with Gasteiger partial charge in [-0.2, -0.15) is 0 Å². The summed E-state index contributed by atoms with van der Waals surface area (Å²) in [6, 6.07) is 6.04. The van der Waals surface area contributed by atoms with E-state index in [0.717, 1.165) is 17.7 Å². The van der Waals surface area contributed by atoms with Gasteiger partial charge >= 0.3 is 0 Å². The molecule has 0 fully saturated rings. The summed E-state index contributed by atoms with van der Waals surface area (Å²) in [5.74, 6) is 6.75. The van der Waals surface area contributed by atoms with Gasteiger partial charge in [-0.3, -0.25) is 0 Å². The predicted octanol–water partition coefficient (Wildman–Crippen LogP) is 2.48. The highest BCUT2D eigenvalue weighted by atomic mass is 16.5. The van der Waals surface area contributed by atoms with Crippen molar-refractivity contribution >= 4 is 0 Å². The van der Waals surface area contributed by atoms with Crippen LogP contribution in [0.4, 0.5) is 0 Å². The van der Waals surface area contributed by atoms with Crippen LogP contribution in [0.25, 0.3) is 0 Å². The van der Waals surface area contributed by atoms with Gasteiger partial charge in [-0.15, -0.1) is 0 Å². The molecule has 0 saturated carbocycles. The van der Waals surface area contributed by atoms with E-state index >= 15 is 0 Å². The topological polar surface area (TPSA) is 35.2 Å². The third-order valence-electron chi connectivity index (χ3n) is 2.36. The Morgan fingerprint density at radius 1 is 1.44 bits per heavy atom. The maximum atomic E-state index is 5.80. The van der Waals surface area contributed by atoms with Crippen LogP contribution in [0.2, 0.25) is 0 Å². The summed E-state index contributed by atoms with van der Waals surface area (Å²) in [4.78, 5) is 0. The smallest absolute Gasteiger partial charge is 0.135 e. The van der Waals surface area contributed by atoms with Crippen molar-refractivity contribution in [2.45, 2.75) is 33.3 Å². The van der Waals surface area contributed by atoms with Crippen molar-refractivity contribution in [2.24, 2.45) is 5.73 Å². The Balaban J connectivity index is 2.98. The number of benzene rings is 1. The summed E-state index contributed by atoms with van der Waals surface area (Å²) < 4.78 is 5.80. The summed E-state index contributed by atoms with van der Waals surface area (Å²) in [6.07, 6.45) is 1.19. The SMILES string of the molecule is CCC(C)Oc1ccc(C)cc1C#CCN. The Bertz CT molecular complexity index is 401. The molecule has 2 nitrogen and oxygen atoms in total. The zero-order valence-corrected chi connectivity index (χ0v) is 10.2. The molecule has 0 aliphatic carbocycles. The highest BCUT2D eigenvalue weighted by Gasteiger charge is 2.05. The van der Waals surface area contributed by atoms with E-state index in [2.05, 4.69) is 25.7 Å². The number of aryl methyl sites for hydroxylation is 1. The summed E-state index contributed by atoms with van der Waals surface area (Å²) in [5, 5.41) is 0. The van der Waals surface area contributed by atoms with E-state index in [9.17, 15) is 0 Å². The summed E-state index contributed by atoms with van der Waals surface area (Å²) in [7, 11) is 0. The summed E-state index contributed by atoms with van der Waals surface area (Å²) >= 11 is 0. The minimum absolute atomic E-state index is 0.209. The molecule has 86 valence electrons. The van der Waals surface area contributed by atoms with Crippen molar-refractivity contribution in [1.82, 2.24) is 0 Å². The lowest BCUT2D eigenvalue weighted by Crippen LogP contribution is -2.10. The predicted molar refractivity (Wildman–Crippen MR) is 67.5 cm³/mol. The molecular weight excluding hydrogens is 198 g/mol. The van der Waals surface area contributed by atoms with Crippen LogP contribution in [0.1, 0.15) is 31.4 Å². The lowest BCUT2D eigenvalue weighted by Gasteiger charge is -2.14. The first-order chi connectivity index (χ1) is 7.67. The van der Waals surface area contributed by atoms with E-state index in [0.29, 0.717) is 6.54 Å². The van der Waals surface area contributed by atoms with Gasteiger partial charge < -0.3 is 10.5 Å². The van der Waals surface area contributed by atoms with E-state index in [-0.39, 0.29) is 6.10 Å². The van der Waals surface area contributed by atoms with Gasteiger partial charge in [-0.05, 0) is 38.0 Å². The van der Waals surface area contributed by atoms with Crippen molar-refractivity contribution in [3.8, 4) is 17.6 Å². The van der Waals surface area contributed by atoms with Crippen LogP contribution in [0.5, 0.6) is 5.75 Å². The largest absolute Gasteiger partial charge is 0.489 e. The highest BCUT2D eigenvalue weighted by molar-refractivity contribution is 5.48. The molecule has 16 heavy (non-hydrogen) atoms. The maximum Gasteiger partial charge on any atom is 0.135 e. The third-order valence-corrected chi connectivity index (χ3v) is 2.36. The standard InChI is InChI=1S/C14H19NO/c1-4-12(3)16-14-8-7-11(2)10-13(14)6-5-9-15/h7-8,10,12H,4,9,15H2,1-3H3. The van der Waals surface area contributed by atoms with Gasteiger partial charge in [-0.1, -0.05) is 24.8 Å². The van der Waals surface area contributed by atoms with Crippen molar-refractivity contribution in [2.75, 3.05) is 6.54 Å². The molecule has 1 rings (SSSR count). The fourth-order valence-corrected chi connectivity index (χ4v) is 1.29. The molecule has 0 heterocycles. The molecular formula is C14H19NO. The number of nitrogens with two attached hydrogens (primary N) is 1. The van der Waals surface area contributed by atoms with Gasteiger partial charge in [0, 0.05) is 0 Å². The van der Waals surface area contributed by atoms with Crippen LogP contribution in [-0.4, -0.2) is 12.6 Å². The molecule has 0 radical (unpaired) electrons. The Morgan fingerprint density at radius 3 is 2.81 bits per heavy atom. The summed E-state index contributed by atoms with van der Waals surface area (Å²) in [6.45, 7) is 6.57. The van der Waals surface area contributed by atoms with Crippen LogP contribution in [0, 0.1) is 18.8 Å². The normalized spacial score (nSPS) is 11.5. The number of hydrogen-bond acceptors (Lipinski definition) is 2. The maximum absolute atomic E-state index is 5.80. The molecule has 2 heteroatoms. The Labute approximate surface area is 97.8 Å². The van der Waals surface area contributed by atoms with Gasteiger partial charge in [0.25, 0.3) is 0 Å². The average molecular weight is 217 g/mol. The van der Waals surface area contributed by atoms with Crippen LogP contribution in [-0.2, 0) is 0 Å².